The maximum absolute atomic E-state index is 13.5. The van der Waals surface area contributed by atoms with Gasteiger partial charge in [-0.2, -0.15) is 0 Å². The first kappa shape index (κ1) is 22.1. The summed E-state index contributed by atoms with van der Waals surface area (Å²) in [6.45, 7) is 5.79. The highest BCUT2D eigenvalue weighted by atomic mass is 35.5. The number of anilines is 1. The largest absolute Gasteiger partial charge is 0.325 e. The molecule has 1 unspecified atom stereocenters. The van der Waals surface area contributed by atoms with E-state index in [4.69, 9.17) is 16.6 Å². The van der Waals surface area contributed by atoms with Gasteiger partial charge in [-0.3, -0.25) is 14.2 Å². The van der Waals surface area contributed by atoms with Crippen molar-refractivity contribution >= 4 is 45.9 Å². The number of para-hydroxylation sites is 1. The Morgan fingerprint density at radius 1 is 1.03 bits per heavy atom. The average molecular weight is 464 g/mol. The first-order valence-electron chi connectivity index (χ1n) is 10.2. The number of fused-ring (bicyclic) bond motifs is 1. The molecule has 5 nitrogen and oxygen atoms in total. The Morgan fingerprint density at radius 2 is 1.75 bits per heavy atom. The number of hydrogen-bond donors (Lipinski definition) is 1. The highest BCUT2D eigenvalue weighted by Gasteiger charge is 2.21. The van der Waals surface area contributed by atoms with Crippen LogP contribution in [-0.2, 0) is 4.79 Å². The van der Waals surface area contributed by atoms with Gasteiger partial charge in [0.25, 0.3) is 5.56 Å². The summed E-state index contributed by atoms with van der Waals surface area (Å²) in [5.41, 5.74) is 3.94. The number of carbonyl (C=O) groups is 1. The van der Waals surface area contributed by atoms with Crippen LogP contribution in [-0.4, -0.2) is 20.7 Å². The van der Waals surface area contributed by atoms with Crippen molar-refractivity contribution in [3.8, 4) is 5.69 Å². The maximum Gasteiger partial charge on any atom is 0.266 e. The maximum atomic E-state index is 13.5. The van der Waals surface area contributed by atoms with E-state index in [0.717, 1.165) is 16.8 Å². The fourth-order valence-electron chi connectivity index (χ4n) is 3.37. The lowest BCUT2D eigenvalue weighted by molar-refractivity contribution is -0.115. The number of aromatic nitrogens is 2. The number of nitrogens with zero attached hydrogens (tertiary/aromatic N) is 2. The molecule has 1 amide bonds. The van der Waals surface area contributed by atoms with Gasteiger partial charge >= 0.3 is 0 Å². The lowest BCUT2D eigenvalue weighted by atomic mass is 10.1. The second-order valence-electron chi connectivity index (χ2n) is 7.53. The van der Waals surface area contributed by atoms with Crippen LogP contribution in [0.25, 0.3) is 16.6 Å². The number of carbonyl (C=O) groups excluding carboxylic acids is 1. The SMILES string of the molecule is Cc1cccc(-n2c(SC(C)C(=O)Nc3ccc(Cl)cc3)nc3ccccc3c2=O)c1C. The van der Waals surface area contributed by atoms with E-state index in [1.165, 1.54) is 11.8 Å². The third kappa shape index (κ3) is 4.42. The zero-order valence-electron chi connectivity index (χ0n) is 17.9. The van der Waals surface area contributed by atoms with Crippen LogP contribution in [0.5, 0.6) is 0 Å². The van der Waals surface area contributed by atoms with Gasteiger partial charge in [-0.25, -0.2) is 4.98 Å². The minimum atomic E-state index is -0.491. The lowest BCUT2D eigenvalue weighted by Crippen LogP contribution is -2.26. The molecule has 162 valence electrons. The van der Waals surface area contributed by atoms with Gasteiger partial charge in [0.05, 0.1) is 21.8 Å². The monoisotopic (exact) mass is 463 g/mol. The fourth-order valence-corrected chi connectivity index (χ4v) is 4.42. The third-order valence-corrected chi connectivity index (χ3v) is 6.63. The molecule has 0 saturated heterocycles. The first-order valence-corrected chi connectivity index (χ1v) is 11.4. The molecule has 0 fully saturated rings. The number of aryl methyl sites for hydroxylation is 1. The van der Waals surface area contributed by atoms with Gasteiger partial charge in [0, 0.05) is 10.7 Å². The summed E-state index contributed by atoms with van der Waals surface area (Å²) in [4.78, 5) is 31.1. The summed E-state index contributed by atoms with van der Waals surface area (Å²) in [7, 11) is 0. The molecule has 32 heavy (non-hydrogen) atoms. The molecule has 1 aromatic heterocycles. The molecule has 4 rings (SSSR count). The molecule has 1 N–H and O–H groups in total. The molecule has 1 atom stereocenters. The predicted molar refractivity (Wildman–Crippen MR) is 132 cm³/mol. The van der Waals surface area contributed by atoms with Gasteiger partial charge in [-0.1, -0.05) is 47.6 Å². The van der Waals surface area contributed by atoms with Gasteiger partial charge in [0.15, 0.2) is 5.16 Å². The quantitative estimate of drug-likeness (QED) is 0.301. The molecule has 1 heterocycles. The van der Waals surface area contributed by atoms with Crippen molar-refractivity contribution < 1.29 is 4.79 Å². The highest BCUT2D eigenvalue weighted by Crippen LogP contribution is 2.28. The van der Waals surface area contributed by atoms with E-state index in [2.05, 4.69) is 5.32 Å². The fraction of sp³-hybridized carbons (Fsp3) is 0.160. The van der Waals surface area contributed by atoms with Gasteiger partial charge in [0.2, 0.25) is 5.91 Å². The van der Waals surface area contributed by atoms with Crippen LogP contribution in [0.1, 0.15) is 18.1 Å². The molecule has 0 spiro atoms. The number of nitrogens with one attached hydrogen (secondary N) is 1. The van der Waals surface area contributed by atoms with Gasteiger partial charge in [-0.15, -0.1) is 0 Å². The standard InChI is InChI=1S/C25H22ClN3O2S/c1-15-7-6-10-22(16(15)2)29-24(31)20-8-4-5-9-21(20)28-25(29)32-17(3)23(30)27-19-13-11-18(26)12-14-19/h4-14,17H,1-3H3,(H,27,30). The number of rotatable bonds is 5. The average Bonchev–Trinajstić information content (AvgIpc) is 2.78. The molecule has 0 bridgehead atoms. The summed E-state index contributed by atoms with van der Waals surface area (Å²) in [5, 5.41) is 4.01. The Balaban J connectivity index is 1.75. The summed E-state index contributed by atoms with van der Waals surface area (Å²) >= 11 is 7.18. The van der Waals surface area contributed by atoms with Crippen molar-refractivity contribution in [3.63, 3.8) is 0 Å². The molecule has 0 saturated carbocycles. The van der Waals surface area contributed by atoms with E-state index < -0.39 is 5.25 Å². The van der Waals surface area contributed by atoms with E-state index in [1.54, 1.807) is 41.8 Å². The van der Waals surface area contributed by atoms with Crippen LogP contribution in [0, 0.1) is 13.8 Å². The number of hydrogen-bond acceptors (Lipinski definition) is 4. The predicted octanol–water partition coefficient (Wildman–Crippen LogP) is 5.78. The minimum absolute atomic E-state index is 0.155. The smallest absolute Gasteiger partial charge is 0.266 e. The molecule has 7 heteroatoms. The van der Waals surface area contributed by atoms with Crippen LogP contribution in [0.2, 0.25) is 5.02 Å². The molecule has 0 radical (unpaired) electrons. The normalized spacial score (nSPS) is 12.0. The highest BCUT2D eigenvalue weighted by molar-refractivity contribution is 8.00. The summed E-state index contributed by atoms with van der Waals surface area (Å²) in [6, 6.07) is 20.0. The third-order valence-electron chi connectivity index (χ3n) is 5.33. The first-order chi connectivity index (χ1) is 15.3. The molecular weight excluding hydrogens is 442 g/mol. The van der Waals surface area contributed by atoms with Gasteiger partial charge in [-0.05, 0) is 74.4 Å². The van der Waals surface area contributed by atoms with Crippen LogP contribution in [0.3, 0.4) is 0 Å². The Kier molecular flexibility index (Phi) is 6.35. The van der Waals surface area contributed by atoms with Crippen molar-refractivity contribution in [1.82, 2.24) is 9.55 Å². The number of halogens is 1. The summed E-state index contributed by atoms with van der Waals surface area (Å²) < 4.78 is 1.61. The molecule has 4 aromatic rings. The van der Waals surface area contributed by atoms with Gasteiger partial charge < -0.3 is 5.32 Å². The van der Waals surface area contributed by atoms with Gasteiger partial charge in [0.1, 0.15) is 0 Å². The number of thioether (sulfide) groups is 1. The van der Waals surface area contributed by atoms with Crippen LogP contribution >= 0.6 is 23.4 Å². The van der Waals surface area contributed by atoms with Crippen molar-refractivity contribution in [1.29, 1.82) is 0 Å². The molecule has 3 aromatic carbocycles. The van der Waals surface area contributed by atoms with E-state index in [0.29, 0.717) is 26.8 Å². The van der Waals surface area contributed by atoms with E-state index in [1.807, 2.05) is 50.2 Å². The lowest BCUT2D eigenvalue weighted by Gasteiger charge is -2.18. The summed E-state index contributed by atoms with van der Waals surface area (Å²) in [5.74, 6) is -0.188. The second kappa shape index (κ2) is 9.18. The van der Waals surface area contributed by atoms with Crippen molar-refractivity contribution in [2.45, 2.75) is 31.2 Å². The zero-order valence-corrected chi connectivity index (χ0v) is 19.5. The molecular formula is C25H22ClN3O2S. The zero-order chi connectivity index (χ0) is 22.8. The van der Waals surface area contributed by atoms with Crippen LogP contribution in [0.15, 0.2) is 76.7 Å². The van der Waals surface area contributed by atoms with Crippen LogP contribution in [0.4, 0.5) is 5.69 Å². The molecule has 0 aliphatic rings. The summed E-state index contributed by atoms with van der Waals surface area (Å²) in [6.07, 6.45) is 0. The van der Waals surface area contributed by atoms with Crippen molar-refractivity contribution in [2.75, 3.05) is 5.32 Å². The van der Waals surface area contributed by atoms with Crippen LogP contribution < -0.4 is 10.9 Å². The minimum Gasteiger partial charge on any atom is -0.325 e. The molecule has 0 aliphatic heterocycles. The van der Waals surface area contributed by atoms with E-state index >= 15 is 0 Å². The van der Waals surface area contributed by atoms with E-state index in [-0.39, 0.29) is 11.5 Å². The Labute approximate surface area is 195 Å². The second-order valence-corrected chi connectivity index (χ2v) is 9.27. The number of amides is 1. The van der Waals surface area contributed by atoms with Crippen molar-refractivity contribution in [2.24, 2.45) is 0 Å². The Hall–Kier alpha value is -3.09. The molecule has 0 aliphatic carbocycles. The number of benzene rings is 3. The van der Waals surface area contributed by atoms with Crippen molar-refractivity contribution in [3.05, 3.63) is 93.2 Å². The topological polar surface area (TPSA) is 64.0 Å². The Bertz CT molecular complexity index is 1370. The van der Waals surface area contributed by atoms with E-state index in [9.17, 15) is 9.59 Å². The Morgan fingerprint density at radius 3 is 2.50 bits per heavy atom.